The Hall–Kier alpha value is -1.68. The number of carbonyl (C=O) groups excluding carboxylic acids is 2. The summed E-state index contributed by atoms with van der Waals surface area (Å²) in [5.74, 6) is 0.0319. The molecule has 1 fully saturated rings. The Morgan fingerprint density at radius 2 is 1.84 bits per heavy atom. The summed E-state index contributed by atoms with van der Waals surface area (Å²) in [6.45, 7) is 3.06. The number of piperidine rings is 1. The second kappa shape index (κ2) is 7.04. The highest BCUT2D eigenvalue weighted by molar-refractivity contribution is 5.91. The van der Waals surface area contributed by atoms with Crippen LogP contribution in [0, 0.1) is 0 Å². The summed E-state index contributed by atoms with van der Waals surface area (Å²) in [6, 6.07) is 6.91. The van der Waals surface area contributed by atoms with Crippen LogP contribution in [0.25, 0.3) is 0 Å². The fourth-order valence-corrected chi connectivity index (χ4v) is 2.31. The minimum atomic E-state index is 0.0319. The van der Waals surface area contributed by atoms with Gasteiger partial charge in [-0.05, 0) is 50.2 Å². The summed E-state index contributed by atoms with van der Waals surface area (Å²) >= 11 is 0. The lowest BCUT2D eigenvalue weighted by molar-refractivity contribution is -0.116. The summed E-state index contributed by atoms with van der Waals surface area (Å²) in [5.41, 5.74) is 1.36. The molecule has 0 aromatic heterocycles. The molecule has 19 heavy (non-hydrogen) atoms. The van der Waals surface area contributed by atoms with Gasteiger partial charge in [-0.1, -0.05) is 6.42 Å². The van der Waals surface area contributed by atoms with E-state index in [4.69, 9.17) is 0 Å². The molecule has 102 valence electrons. The Labute approximate surface area is 113 Å². The zero-order valence-electron chi connectivity index (χ0n) is 11.1. The molecule has 1 aromatic rings. The first-order valence-corrected chi connectivity index (χ1v) is 6.85. The number of nitrogens with one attached hydrogen (secondary N) is 1. The zero-order chi connectivity index (χ0) is 13.5. The smallest absolute Gasteiger partial charge is 0.225 e. The Bertz CT molecular complexity index is 422. The first-order valence-electron chi connectivity index (χ1n) is 6.85. The van der Waals surface area contributed by atoms with Crippen molar-refractivity contribution in [2.24, 2.45) is 0 Å². The molecule has 0 spiro atoms. The van der Waals surface area contributed by atoms with Crippen molar-refractivity contribution in [3.63, 3.8) is 0 Å². The van der Waals surface area contributed by atoms with E-state index < -0.39 is 0 Å². The van der Waals surface area contributed by atoms with E-state index in [9.17, 15) is 9.59 Å². The Morgan fingerprint density at radius 1 is 1.16 bits per heavy atom. The van der Waals surface area contributed by atoms with Gasteiger partial charge in [0.1, 0.15) is 6.29 Å². The summed E-state index contributed by atoms with van der Waals surface area (Å²) in [4.78, 5) is 24.7. The van der Waals surface area contributed by atoms with Crippen molar-refractivity contribution in [1.29, 1.82) is 0 Å². The second-order valence-corrected chi connectivity index (χ2v) is 4.94. The van der Waals surface area contributed by atoms with E-state index in [-0.39, 0.29) is 5.91 Å². The monoisotopic (exact) mass is 260 g/mol. The highest BCUT2D eigenvalue weighted by Crippen LogP contribution is 2.11. The van der Waals surface area contributed by atoms with Crippen LogP contribution < -0.4 is 5.32 Å². The van der Waals surface area contributed by atoms with Crippen LogP contribution in [-0.4, -0.2) is 36.7 Å². The van der Waals surface area contributed by atoms with Crippen LogP contribution in [-0.2, 0) is 4.79 Å². The number of likely N-dealkylation sites (tertiary alicyclic amines) is 1. The number of rotatable bonds is 5. The summed E-state index contributed by atoms with van der Waals surface area (Å²) in [6.07, 6.45) is 5.12. The summed E-state index contributed by atoms with van der Waals surface area (Å²) in [5, 5.41) is 2.85. The number of hydrogen-bond acceptors (Lipinski definition) is 3. The van der Waals surface area contributed by atoms with Crippen molar-refractivity contribution < 1.29 is 9.59 Å². The molecule has 4 nitrogen and oxygen atoms in total. The van der Waals surface area contributed by atoms with Gasteiger partial charge in [0.05, 0.1) is 0 Å². The molecule has 1 heterocycles. The third kappa shape index (κ3) is 4.48. The maximum Gasteiger partial charge on any atom is 0.225 e. The number of amides is 1. The maximum absolute atomic E-state index is 11.8. The molecule has 0 radical (unpaired) electrons. The van der Waals surface area contributed by atoms with Gasteiger partial charge < -0.3 is 10.2 Å². The van der Waals surface area contributed by atoms with Gasteiger partial charge >= 0.3 is 0 Å². The lowest BCUT2D eigenvalue weighted by Gasteiger charge is -2.25. The lowest BCUT2D eigenvalue weighted by atomic mass is 10.1. The number of aldehydes is 1. The highest BCUT2D eigenvalue weighted by atomic mass is 16.1. The van der Waals surface area contributed by atoms with Gasteiger partial charge in [0.25, 0.3) is 0 Å². The highest BCUT2D eigenvalue weighted by Gasteiger charge is 2.11. The van der Waals surface area contributed by atoms with Crippen molar-refractivity contribution >= 4 is 17.9 Å². The fourth-order valence-electron chi connectivity index (χ4n) is 2.31. The number of carbonyl (C=O) groups is 2. The molecule has 2 rings (SSSR count). The quantitative estimate of drug-likeness (QED) is 0.826. The normalized spacial score (nSPS) is 16.0. The van der Waals surface area contributed by atoms with Crippen LogP contribution in [0.15, 0.2) is 24.3 Å². The van der Waals surface area contributed by atoms with E-state index in [2.05, 4.69) is 10.2 Å². The van der Waals surface area contributed by atoms with Gasteiger partial charge in [-0.3, -0.25) is 9.59 Å². The number of nitrogens with zero attached hydrogens (tertiary/aromatic N) is 1. The minimum Gasteiger partial charge on any atom is -0.326 e. The Morgan fingerprint density at radius 3 is 2.47 bits per heavy atom. The maximum atomic E-state index is 11.8. The molecule has 0 atom stereocenters. The molecule has 1 N–H and O–H groups in total. The van der Waals surface area contributed by atoms with Crippen LogP contribution in [0.1, 0.15) is 36.0 Å². The number of hydrogen-bond donors (Lipinski definition) is 1. The molecular formula is C15H20N2O2. The van der Waals surface area contributed by atoms with Crippen LogP contribution in [0.5, 0.6) is 0 Å². The van der Waals surface area contributed by atoms with Crippen LogP contribution in [0.2, 0.25) is 0 Å². The predicted molar refractivity (Wildman–Crippen MR) is 75.4 cm³/mol. The molecule has 1 aromatic carbocycles. The van der Waals surface area contributed by atoms with Crippen molar-refractivity contribution in [3.05, 3.63) is 29.8 Å². The predicted octanol–water partition coefficient (Wildman–Crippen LogP) is 2.31. The third-order valence-electron chi connectivity index (χ3n) is 3.43. The average molecular weight is 260 g/mol. The standard InChI is InChI=1S/C15H20N2O2/c18-12-13-4-6-14(7-5-13)16-15(19)8-11-17-9-2-1-3-10-17/h4-7,12H,1-3,8-11H2,(H,16,19). The van der Waals surface area contributed by atoms with E-state index in [1.807, 2.05) is 0 Å². The molecule has 0 unspecified atom stereocenters. The van der Waals surface area contributed by atoms with E-state index in [0.29, 0.717) is 12.0 Å². The third-order valence-corrected chi connectivity index (χ3v) is 3.43. The lowest BCUT2D eigenvalue weighted by Crippen LogP contribution is -2.32. The van der Waals surface area contributed by atoms with Crippen molar-refractivity contribution in [1.82, 2.24) is 4.90 Å². The zero-order valence-corrected chi connectivity index (χ0v) is 11.1. The average Bonchev–Trinajstić information content (AvgIpc) is 2.47. The molecule has 1 aliphatic heterocycles. The molecule has 1 amide bonds. The van der Waals surface area contributed by atoms with Crippen molar-refractivity contribution in [2.75, 3.05) is 25.0 Å². The SMILES string of the molecule is O=Cc1ccc(NC(=O)CCN2CCCCC2)cc1. The van der Waals surface area contributed by atoms with Crippen molar-refractivity contribution in [3.8, 4) is 0 Å². The van der Waals surface area contributed by atoms with Gasteiger partial charge in [0.2, 0.25) is 5.91 Å². The largest absolute Gasteiger partial charge is 0.326 e. The molecule has 1 saturated heterocycles. The first kappa shape index (κ1) is 13.7. The van der Waals surface area contributed by atoms with E-state index in [0.717, 1.165) is 31.6 Å². The van der Waals surface area contributed by atoms with Crippen LogP contribution >= 0.6 is 0 Å². The number of anilines is 1. The van der Waals surface area contributed by atoms with E-state index in [1.165, 1.54) is 19.3 Å². The van der Waals surface area contributed by atoms with Gasteiger partial charge in [-0.2, -0.15) is 0 Å². The topological polar surface area (TPSA) is 49.4 Å². The molecule has 1 aliphatic rings. The van der Waals surface area contributed by atoms with E-state index >= 15 is 0 Å². The van der Waals surface area contributed by atoms with E-state index in [1.54, 1.807) is 24.3 Å². The van der Waals surface area contributed by atoms with Gasteiger partial charge in [0, 0.05) is 24.2 Å². The molecule has 0 saturated carbocycles. The van der Waals surface area contributed by atoms with Crippen molar-refractivity contribution in [2.45, 2.75) is 25.7 Å². The molecule has 4 heteroatoms. The summed E-state index contributed by atoms with van der Waals surface area (Å²) < 4.78 is 0. The van der Waals surface area contributed by atoms with Gasteiger partial charge in [-0.25, -0.2) is 0 Å². The fraction of sp³-hybridized carbons (Fsp3) is 0.467. The van der Waals surface area contributed by atoms with Crippen LogP contribution in [0.4, 0.5) is 5.69 Å². The Kier molecular flexibility index (Phi) is 5.10. The Balaban J connectivity index is 1.75. The molecule has 0 aliphatic carbocycles. The number of benzene rings is 1. The van der Waals surface area contributed by atoms with Crippen LogP contribution in [0.3, 0.4) is 0 Å². The first-order chi connectivity index (χ1) is 9.28. The second-order valence-electron chi connectivity index (χ2n) is 4.94. The van der Waals surface area contributed by atoms with Gasteiger partial charge in [-0.15, -0.1) is 0 Å². The van der Waals surface area contributed by atoms with Gasteiger partial charge in [0.15, 0.2) is 0 Å². The minimum absolute atomic E-state index is 0.0319. The molecule has 0 bridgehead atoms. The summed E-state index contributed by atoms with van der Waals surface area (Å²) in [7, 11) is 0. The molecular weight excluding hydrogens is 240 g/mol.